The van der Waals surface area contributed by atoms with Crippen molar-refractivity contribution in [2.75, 3.05) is 31.3 Å². The van der Waals surface area contributed by atoms with E-state index < -0.39 is 10.0 Å². The van der Waals surface area contributed by atoms with Gasteiger partial charge in [0.1, 0.15) is 0 Å². The molecule has 2 heterocycles. The molecule has 0 saturated carbocycles. The van der Waals surface area contributed by atoms with E-state index in [0.717, 1.165) is 27.8 Å². The van der Waals surface area contributed by atoms with Crippen LogP contribution in [0, 0.1) is 0 Å². The third-order valence-corrected chi connectivity index (χ3v) is 8.06. The molecular weight excluding hydrogens is 378 g/mol. The van der Waals surface area contributed by atoms with Gasteiger partial charge in [0, 0.05) is 55.2 Å². The minimum Gasteiger partial charge on any atom is -0.377 e. The van der Waals surface area contributed by atoms with Crippen LogP contribution in [0.5, 0.6) is 0 Å². The molecule has 1 saturated heterocycles. The molecule has 0 N–H and O–H groups in total. The summed E-state index contributed by atoms with van der Waals surface area (Å²) in [5.74, 6) is 0.770. The highest BCUT2D eigenvalue weighted by atomic mass is 32.2. The van der Waals surface area contributed by atoms with Crippen molar-refractivity contribution in [1.82, 2.24) is 9.29 Å². The first-order valence-electron chi connectivity index (χ1n) is 8.72. The second-order valence-electron chi connectivity index (χ2n) is 6.65. The van der Waals surface area contributed by atoms with E-state index in [1.54, 1.807) is 34.5 Å². The van der Waals surface area contributed by atoms with Crippen LogP contribution in [0.1, 0.15) is 10.9 Å². The number of hydrogen-bond acceptors (Lipinski definition) is 5. The molecule has 27 heavy (non-hydrogen) atoms. The second kappa shape index (κ2) is 7.14. The maximum atomic E-state index is 13.6. The molecule has 4 rings (SSSR count). The summed E-state index contributed by atoms with van der Waals surface area (Å²) in [6.45, 7) is 0.496. The van der Waals surface area contributed by atoms with Gasteiger partial charge in [0.05, 0.1) is 10.3 Å². The minimum atomic E-state index is -3.64. The quantitative estimate of drug-likeness (QED) is 0.669. The number of fused-ring (bicyclic) bond motifs is 1. The lowest BCUT2D eigenvalue weighted by atomic mass is 10.1. The Balaban J connectivity index is 1.84. The summed E-state index contributed by atoms with van der Waals surface area (Å²) >= 11 is 1.64. The van der Waals surface area contributed by atoms with Gasteiger partial charge in [-0.3, -0.25) is 4.98 Å². The fraction of sp³-hybridized carbons (Fsp3) is 0.250. The van der Waals surface area contributed by atoms with Crippen LogP contribution in [0.2, 0.25) is 0 Å². The number of anilines is 1. The molecule has 1 aliphatic rings. The molecular formula is C20H21N3O2S2. The van der Waals surface area contributed by atoms with Crippen molar-refractivity contribution in [2.24, 2.45) is 0 Å². The van der Waals surface area contributed by atoms with Crippen molar-refractivity contribution >= 4 is 38.2 Å². The fourth-order valence-electron chi connectivity index (χ4n) is 3.49. The zero-order chi connectivity index (χ0) is 19.0. The van der Waals surface area contributed by atoms with Gasteiger partial charge >= 0.3 is 0 Å². The molecule has 0 radical (unpaired) electrons. The summed E-state index contributed by atoms with van der Waals surface area (Å²) in [5.41, 5.74) is 1.92. The Kier molecular flexibility index (Phi) is 4.84. The average molecular weight is 400 g/mol. The topological polar surface area (TPSA) is 53.5 Å². The average Bonchev–Trinajstić information content (AvgIpc) is 3.18. The summed E-state index contributed by atoms with van der Waals surface area (Å²) in [4.78, 5) is 6.52. The third kappa shape index (κ3) is 3.20. The van der Waals surface area contributed by atoms with Gasteiger partial charge in [-0.1, -0.05) is 30.3 Å². The van der Waals surface area contributed by atoms with Gasteiger partial charge in [-0.15, -0.1) is 11.8 Å². The fourth-order valence-corrected chi connectivity index (χ4v) is 6.92. The maximum Gasteiger partial charge on any atom is 0.245 e. The third-order valence-electron chi connectivity index (χ3n) is 4.75. The predicted molar refractivity (Wildman–Crippen MR) is 112 cm³/mol. The first kappa shape index (κ1) is 18.3. The van der Waals surface area contributed by atoms with E-state index in [1.165, 1.54) is 0 Å². The van der Waals surface area contributed by atoms with E-state index in [2.05, 4.69) is 4.98 Å². The van der Waals surface area contributed by atoms with Crippen LogP contribution in [0.3, 0.4) is 0 Å². The van der Waals surface area contributed by atoms with Crippen molar-refractivity contribution in [1.29, 1.82) is 0 Å². The van der Waals surface area contributed by atoms with Crippen LogP contribution in [0.15, 0.2) is 65.8 Å². The normalized spacial score (nSPS) is 18.1. The van der Waals surface area contributed by atoms with Crippen molar-refractivity contribution in [3.63, 3.8) is 0 Å². The molecule has 5 nitrogen and oxygen atoms in total. The highest BCUT2D eigenvalue weighted by Crippen LogP contribution is 2.42. The van der Waals surface area contributed by atoms with Crippen LogP contribution in [0.25, 0.3) is 10.8 Å². The van der Waals surface area contributed by atoms with E-state index in [9.17, 15) is 8.42 Å². The van der Waals surface area contributed by atoms with Crippen LogP contribution in [-0.4, -0.2) is 44.1 Å². The van der Waals surface area contributed by atoms with Crippen molar-refractivity contribution in [3.05, 3.63) is 66.5 Å². The number of benzene rings is 2. The van der Waals surface area contributed by atoms with Gasteiger partial charge in [-0.25, -0.2) is 8.42 Å². The van der Waals surface area contributed by atoms with Gasteiger partial charge in [0.2, 0.25) is 10.0 Å². The van der Waals surface area contributed by atoms with Crippen LogP contribution < -0.4 is 4.90 Å². The Bertz CT molecular complexity index is 1070. The summed E-state index contributed by atoms with van der Waals surface area (Å²) in [6.07, 6.45) is 3.45. The Labute approximate surface area is 164 Å². The molecule has 0 bridgehead atoms. The summed E-state index contributed by atoms with van der Waals surface area (Å²) in [5, 5.41) is 1.45. The van der Waals surface area contributed by atoms with Crippen molar-refractivity contribution in [3.8, 4) is 0 Å². The highest BCUT2D eigenvalue weighted by Gasteiger charge is 2.37. The van der Waals surface area contributed by atoms with Gasteiger partial charge in [-0.05, 0) is 23.8 Å². The molecule has 7 heteroatoms. The summed E-state index contributed by atoms with van der Waals surface area (Å²) < 4.78 is 28.8. The molecule has 140 valence electrons. The smallest absolute Gasteiger partial charge is 0.245 e. The molecule has 1 aliphatic heterocycles. The Hall–Kier alpha value is -2.09. The summed E-state index contributed by atoms with van der Waals surface area (Å²) in [6, 6.07) is 15.1. The maximum absolute atomic E-state index is 13.6. The number of nitrogens with zero attached hydrogens (tertiary/aromatic N) is 3. The molecule has 1 aromatic heterocycles. The molecule has 1 fully saturated rings. The largest absolute Gasteiger partial charge is 0.377 e. The lowest BCUT2D eigenvalue weighted by molar-refractivity contribution is 0.434. The molecule has 2 aromatic carbocycles. The van der Waals surface area contributed by atoms with Crippen LogP contribution in [0.4, 0.5) is 5.69 Å². The van der Waals surface area contributed by atoms with Crippen LogP contribution in [-0.2, 0) is 10.0 Å². The first-order chi connectivity index (χ1) is 13.0. The SMILES string of the molecule is CN(C)c1cccc2c(S(=O)(=O)N3CCSC3c3cccnc3)cccc12. The number of aromatic nitrogens is 1. The Morgan fingerprint density at radius 2 is 1.85 bits per heavy atom. The number of rotatable bonds is 4. The number of hydrogen-bond donors (Lipinski definition) is 0. The standard InChI is InChI=1S/C20H21N3O2S2/c1-22(2)18-9-3-8-17-16(18)7-4-10-19(17)27(24,25)23-12-13-26-20(23)15-6-5-11-21-14-15/h3-11,14,20H,12-13H2,1-2H3. The first-order valence-corrected chi connectivity index (χ1v) is 11.2. The van der Waals surface area contributed by atoms with E-state index in [-0.39, 0.29) is 5.37 Å². The van der Waals surface area contributed by atoms with Gasteiger partial charge in [0.25, 0.3) is 0 Å². The Morgan fingerprint density at radius 3 is 2.59 bits per heavy atom. The highest BCUT2D eigenvalue weighted by molar-refractivity contribution is 8.01. The lowest BCUT2D eigenvalue weighted by Crippen LogP contribution is -2.30. The second-order valence-corrected chi connectivity index (χ2v) is 9.70. The lowest BCUT2D eigenvalue weighted by Gasteiger charge is -2.24. The molecule has 0 spiro atoms. The predicted octanol–water partition coefficient (Wildman–Crippen LogP) is 3.74. The minimum absolute atomic E-state index is 0.240. The van der Waals surface area contributed by atoms with E-state index in [4.69, 9.17) is 0 Å². The zero-order valence-corrected chi connectivity index (χ0v) is 16.9. The van der Waals surface area contributed by atoms with Gasteiger partial charge in [0.15, 0.2) is 0 Å². The van der Waals surface area contributed by atoms with Gasteiger partial charge < -0.3 is 4.90 Å². The number of thioether (sulfide) groups is 1. The monoisotopic (exact) mass is 399 g/mol. The molecule has 0 amide bonds. The molecule has 1 atom stereocenters. The van der Waals surface area contributed by atoms with E-state index in [1.807, 2.05) is 61.5 Å². The molecule has 0 aliphatic carbocycles. The number of pyridine rings is 1. The van der Waals surface area contributed by atoms with Crippen LogP contribution >= 0.6 is 11.8 Å². The molecule has 1 unspecified atom stereocenters. The Morgan fingerprint density at radius 1 is 1.07 bits per heavy atom. The summed E-state index contributed by atoms with van der Waals surface area (Å²) in [7, 11) is 0.289. The number of sulfonamides is 1. The zero-order valence-electron chi connectivity index (χ0n) is 15.2. The van der Waals surface area contributed by atoms with E-state index in [0.29, 0.717) is 11.4 Å². The van der Waals surface area contributed by atoms with Crippen molar-refractivity contribution < 1.29 is 8.42 Å². The van der Waals surface area contributed by atoms with E-state index >= 15 is 0 Å². The van der Waals surface area contributed by atoms with Gasteiger partial charge in [-0.2, -0.15) is 4.31 Å². The molecule has 3 aromatic rings. The van der Waals surface area contributed by atoms with Crippen molar-refractivity contribution in [2.45, 2.75) is 10.3 Å².